The number of benzene rings is 2. The van der Waals surface area contributed by atoms with E-state index in [4.69, 9.17) is 9.47 Å². The average molecular weight is 397 g/mol. The van der Waals surface area contributed by atoms with Crippen LogP contribution in [0.5, 0.6) is 11.5 Å². The molecule has 0 spiro atoms. The van der Waals surface area contributed by atoms with Gasteiger partial charge in [-0.1, -0.05) is 38.1 Å². The van der Waals surface area contributed by atoms with Crippen molar-refractivity contribution in [2.45, 2.75) is 25.6 Å². The number of thioether (sulfide) groups is 1. The lowest BCUT2D eigenvalue weighted by Crippen LogP contribution is -2.31. The molecule has 0 atom stereocenters. The van der Waals surface area contributed by atoms with Crippen LogP contribution >= 0.6 is 11.8 Å². The SMILES string of the molecule is COc1ccc(CN2C(=O)C(SC(C)C)=C(c3ccc(OC)cc3)C2=O)cc1. The number of imide groups is 1. The molecule has 1 aliphatic rings. The lowest BCUT2D eigenvalue weighted by molar-refractivity contribution is -0.137. The molecular formula is C22H23NO4S. The second-order valence-corrected chi connectivity index (χ2v) is 8.23. The fourth-order valence-corrected chi connectivity index (χ4v) is 3.97. The summed E-state index contributed by atoms with van der Waals surface area (Å²) >= 11 is 1.42. The zero-order valence-corrected chi connectivity index (χ0v) is 17.2. The maximum Gasteiger partial charge on any atom is 0.268 e. The van der Waals surface area contributed by atoms with Gasteiger partial charge in [0.1, 0.15) is 11.5 Å². The largest absolute Gasteiger partial charge is 0.497 e. The van der Waals surface area contributed by atoms with Crippen LogP contribution in [0.15, 0.2) is 53.4 Å². The topological polar surface area (TPSA) is 55.8 Å². The second-order valence-electron chi connectivity index (χ2n) is 6.64. The van der Waals surface area contributed by atoms with Gasteiger partial charge in [-0.2, -0.15) is 0 Å². The Morgan fingerprint density at radius 3 is 1.89 bits per heavy atom. The van der Waals surface area contributed by atoms with Gasteiger partial charge in [-0.3, -0.25) is 14.5 Å². The Hall–Kier alpha value is -2.73. The molecule has 0 bridgehead atoms. The molecule has 1 heterocycles. The lowest BCUT2D eigenvalue weighted by Gasteiger charge is -2.15. The van der Waals surface area contributed by atoms with E-state index in [1.807, 2.05) is 50.2 Å². The number of carbonyl (C=O) groups is 2. The first-order valence-corrected chi connectivity index (χ1v) is 9.87. The highest BCUT2D eigenvalue weighted by molar-refractivity contribution is 8.04. The average Bonchev–Trinajstić information content (AvgIpc) is 2.92. The van der Waals surface area contributed by atoms with Gasteiger partial charge in [-0.25, -0.2) is 0 Å². The van der Waals surface area contributed by atoms with Crippen LogP contribution in [-0.4, -0.2) is 36.2 Å². The molecule has 0 radical (unpaired) electrons. The van der Waals surface area contributed by atoms with E-state index in [2.05, 4.69) is 0 Å². The van der Waals surface area contributed by atoms with E-state index in [-0.39, 0.29) is 23.6 Å². The van der Waals surface area contributed by atoms with Gasteiger partial charge in [0.2, 0.25) is 0 Å². The summed E-state index contributed by atoms with van der Waals surface area (Å²) in [7, 11) is 3.19. The number of methoxy groups -OCH3 is 2. The standard InChI is InChI=1S/C22H23NO4S/c1-14(2)28-20-19(16-7-11-18(27-4)12-8-16)21(24)23(22(20)25)13-15-5-9-17(26-3)10-6-15/h5-12,14H,13H2,1-4H3. The van der Waals surface area contributed by atoms with Gasteiger partial charge in [0.25, 0.3) is 11.8 Å². The molecule has 3 rings (SSSR count). The van der Waals surface area contributed by atoms with Crippen molar-refractivity contribution in [2.24, 2.45) is 0 Å². The molecule has 1 aliphatic heterocycles. The van der Waals surface area contributed by atoms with Crippen molar-refractivity contribution in [3.8, 4) is 11.5 Å². The maximum atomic E-state index is 13.2. The summed E-state index contributed by atoms with van der Waals surface area (Å²) in [6, 6.07) is 14.6. The van der Waals surface area contributed by atoms with Gasteiger partial charge >= 0.3 is 0 Å². The number of nitrogens with zero attached hydrogens (tertiary/aromatic N) is 1. The lowest BCUT2D eigenvalue weighted by atomic mass is 10.1. The van der Waals surface area contributed by atoms with E-state index in [9.17, 15) is 9.59 Å². The summed E-state index contributed by atoms with van der Waals surface area (Å²) in [6.07, 6.45) is 0. The van der Waals surface area contributed by atoms with Crippen molar-refractivity contribution < 1.29 is 19.1 Å². The number of amides is 2. The molecule has 0 N–H and O–H groups in total. The van der Waals surface area contributed by atoms with Crippen molar-refractivity contribution in [1.29, 1.82) is 0 Å². The molecule has 2 amide bonds. The smallest absolute Gasteiger partial charge is 0.268 e. The minimum Gasteiger partial charge on any atom is -0.497 e. The molecule has 2 aromatic rings. The zero-order valence-electron chi connectivity index (χ0n) is 16.4. The van der Waals surface area contributed by atoms with Crippen LogP contribution in [0.4, 0.5) is 0 Å². The molecule has 0 unspecified atom stereocenters. The summed E-state index contributed by atoms with van der Waals surface area (Å²) in [5, 5.41) is 0.181. The van der Waals surface area contributed by atoms with Gasteiger partial charge in [0.15, 0.2) is 0 Å². The van der Waals surface area contributed by atoms with Gasteiger partial charge in [-0.15, -0.1) is 11.8 Å². The van der Waals surface area contributed by atoms with Gasteiger partial charge in [0, 0.05) is 5.25 Å². The Kier molecular flexibility index (Phi) is 6.09. The molecule has 6 heteroatoms. The van der Waals surface area contributed by atoms with Crippen LogP contribution in [0, 0.1) is 0 Å². The molecule has 0 aliphatic carbocycles. The summed E-state index contributed by atoms with van der Waals surface area (Å²) < 4.78 is 10.4. The van der Waals surface area contributed by atoms with E-state index in [1.165, 1.54) is 16.7 Å². The normalized spacial score (nSPS) is 14.2. The molecule has 2 aromatic carbocycles. The summed E-state index contributed by atoms with van der Waals surface area (Å²) in [4.78, 5) is 28.0. The van der Waals surface area contributed by atoms with E-state index in [0.717, 1.165) is 16.9 Å². The molecule has 0 fully saturated rings. The number of hydrogen-bond acceptors (Lipinski definition) is 5. The number of rotatable bonds is 7. The Morgan fingerprint density at radius 1 is 0.857 bits per heavy atom. The van der Waals surface area contributed by atoms with Gasteiger partial charge in [-0.05, 0) is 35.4 Å². The van der Waals surface area contributed by atoms with Crippen LogP contribution in [0.3, 0.4) is 0 Å². The third kappa shape index (κ3) is 4.07. The maximum absolute atomic E-state index is 13.2. The van der Waals surface area contributed by atoms with Gasteiger partial charge in [0.05, 0.1) is 31.2 Å². The third-order valence-electron chi connectivity index (χ3n) is 4.36. The Morgan fingerprint density at radius 2 is 1.39 bits per heavy atom. The molecule has 146 valence electrons. The fourth-order valence-electron chi connectivity index (χ4n) is 2.97. The van der Waals surface area contributed by atoms with Crippen molar-refractivity contribution >= 4 is 29.1 Å². The van der Waals surface area contributed by atoms with Crippen LogP contribution in [0.25, 0.3) is 5.57 Å². The Balaban J connectivity index is 1.93. The van der Waals surface area contributed by atoms with Crippen LogP contribution in [0.2, 0.25) is 0 Å². The van der Waals surface area contributed by atoms with Crippen molar-refractivity contribution in [3.63, 3.8) is 0 Å². The van der Waals surface area contributed by atoms with Crippen molar-refractivity contribution in [3.05, 3.63) is 64.6 Å². The van der Waals surface area contributed by atoms with Crippen molar-refractivity contribution in [2.75, 3.05) is 14.2 Å². The first kappa shape index (κ1) is 20.0. The predicted octanol–water partition coefficient (Wildman–Crippen LogP) is 4.13. The molecule has 0 saturated carbocycles. The highest BCUT2D eigenvalue weighted by Gasteiger charge is 2.39. The first-order chi connectivity index (χ1) is 13.4. The quantitative estimate of drug-likeness (QED) is 0.658. The minimum atomic E-state index is -0.269. The monoisotopic (exact) mass is 397 g/mol. The van der Waals surface area contributed by atoms with Crippen LogP contribution in [-0.2, 0) is 16.1 Å². The van der Waals surface area contributed by atoms with E-state index in [1.54, 1.807) is 26.4 Å². The fraction of sp³-hybridized carbons (Fsp3) is 0.273. The molecule has 28 heavy (non-hydrogen) atoms. The van der Waals surface area contributed by atoms with Crippen LogP contribution < -0.4 is 9.47 Å². The number of hydrogen-bond donors (Lipinski definition) is 0. The number of ether oxygens (including phenoxy) is 2. The second kappa shape index (κ2) is 8.52. The van der Waals surface area contributed by atoms with Crippen LogP contribution in [0.1, 0.15) is 25.0 Å². The highest BCUT2D eigenvalue weighted by atomic mass is 32.2. The van der Waals surface area contributed by atoms with E-state index >= 15 is 0 Å². The predicted molar refractivity (Wildman–Crippen MR) is 111 cm³/mol. The molecule has 5 nitrogen and oxygen atoms in total. The van der Waals surface area contributed by atoms with E-state index < -0.39 is 0 Å². The van der Waals surface area contributed by atoms with E-state index in [0.29, 0.717) is 16.2 Å². The summed E-state index contributed by atoms with van der Waals surface area (Å²) in [6.45, 7) is 4.24. The summed E-state index contributed by atoms with van der Waals surface area (Å²) in [5.74, 6) is 0.921. The third-order valence-corrected chi connectivity index (χ3v) is 5.44. The molecular weight excluding hydrogens is 374 g/mol. The van der Waals surface area contributed by atoms with Gasteiger partial charge < -0.3 is 9.47 Å². The zero-order chi connectivity index (χ0) is 20.3. The molecule has 0 saturated heterocycles. The molecule has 0 aromatic heterocycles. The minimum absolute atomic E-state index is 0.181. The highest BCUT2D eigenvalue weighted by Crippen LogP contribution is 2.38. The Labute approximate surface area is 169 Å². The van der Waals surface area contributed by atoms with Crippen molar-refractivity contribution in [1.82, 2.24) is 4.90 Å². The Bertz CT molecular complexity index is 901. The first-order valence-electron chi connectivity index (χ1n) is 8.99. The number of carbonyl (C=O) groups excluding carboxylic acids is 2. The summed E-state index contributed by atoms with van der Waals surface area (Å²) in [5.41, 5.74) is 2.05.